The van der Waals surface area contributed by atoms with Crippen molar-refractivity contribution in [2.45, 2.75) is 6.92 Å². The van der Waals surface area contributed by atoms with Gasteiger partial charge < -0.3 is 9.73 Å². The molecule has 70 valence electrons. The van der Waals surface area contributed by atoms with E-state index < -0.39 is 0 Å². The number of furan rings is 1. The first kappa shape index (κ1) is 9.88. The normalized spacial score (nSPS) is 8.29. The second-order valence-corrected chi connectivity index (χ2v) is 2.39. The van der Waals surface area contributed by atoms with Crippen LogP contribution in [0.3, 0.4) is 0 Å². The van der Waals surface area contributed by atoms with Crippen LogP contribution in [0.25, 0.3) is 0 Å². The molecular weight excluding hydrogens is 180 g/mol. The Morgan fingerprint density at radius 3 is 3.00 bits per heavy atom. The van der Waals surface area contributed by atoms with Crippen LogP contribution in [0.1, 0.15) is 23.2 Å². The Labute approximate surface area is 81.5 Å². The predicted octanol–water partition coefficient (Wildman–Crippen LogP) is 0.904. The van der Waals surface area contributed by atoms with Crippen LogP contribution in [-0.4, -0.2) is 12.5 Å². The van der Waals surface area contributed by atoms with Crippen molar-refractivity contribution in [2.24, 2.45) is 0 Å². The van der Waals surface area contributed by atoms with Crippen molar-refractivity contribution in [1.82, 2.24) is 5.32 Å². The first-order chi connectivity index (χ1) is 6.77. The summed E-state index contributed by atoms with van der Waals surface area (Å²) in [7, 11) is 0. The number of carbonyl (C=O) groups is 1. The molecule has 1 aromatic heterocycles. The molecule has 1 N–H and O–H groups in total. The lowest BCUT2D eigenvalue weighted by atomic mass is 10.4. The molecule has 0 aromatic carbocycles. The molecule has 0 aliphatic carbocycles. The quantitative estimate of drug-likeness (QED) is 0.701. The van der Waals surface area contributed by atoms with Crippen LogP contribution in [0.15, 0.2) is 16.5 Å². The van der Waals surface area contributed by atoms with E-state index in [9.17, 15) is 4.79 Å². The van der Waals surface area contributed by atoms with E-state index in [-0.39, 0.29) is 24.0 Å². The summed E-state index contributed by atoms with van der Waals surface area (Å²) in [5.74, 6) is 5.20. The molecule has 4 nitrogen and oxygen atoms in total. The van der Waals surface area contributed by atoms with E-state index in [4.69, 9.17) is 9.68 Å². The highest BCUT2D eigenvalue weighted by Gasteiger charge is 2.09. The Morgan fingerprint density at radius 2 is 2.43 bits per heavy atom. The molecule has 0 aliphatic heterocycles. The maximum absolute atomic E-state index is 11.3. The molecule has 0 spiro atoms. The number of nitriles is 1. The number of carbonyl (C=O) groups excluding carboxylic acids is 1. The summed E-state index contributed by atoms with van der Waals surface area (Å²) < 4.78 is 4.90. The molecule has 0 saturated carbocycles. The van der Waals surface area contributed by atoms with E-state index in [2.05, 4.69) is 17.2 Å². The molecule has 1 aromatic rings. The van der Waals surface area contributed by atoms with E-state index in [0.29, 0.717) is 0 Å². The predicted molar refractivity (Wildman–Crippen MR) is 49.2 cm³/mol. The van der Waals surface area contributed by atoms with Gasteiger partial charge in [0.05, 0.1) is 6.54 Å². The second kappa shape index (κ2) is 4.74. The van der Waals surface area contributed by atoms with Gasteiger partial charge in [-0.25, -0.2) is 0 Å². The Balaban J connectivity index is 2.60. The highest BCUT2D eigenvalue weighted by atomic mass is 16.3. The Hall–Kier alpha value is -2.20. The number of hydrogen-bond donors (Lipinski definition) is 1. The molecule has 0 bridgehead atoms. The zero-order valence-electron chi connectivity index (χ0n) is 7.63. The molecule has 4 heteroatoms. The smallest absolute Gasteiger partial charge is 0.287 e. The molecule has 1 amide bonds. The van der Waals surface area contributed by atoms with Gasteiger partial charge in [-0.15, -0.1) is 5.92 Å². The lowest BCUT2D eigenvalue weighted by Crippen LogP contribution is -2.22. The fourth-order valence-corrected chi connectivity index (χ4v) is 0.820. The minimum absolute atomic E-state index is 0.122. The fourth-order valence-electron chi connectivity index (χ4n) is 0.820. The monoisotopic (exact) mass is 188 g/mol. The van der Waals surface area contributed by atoms with E-state index in [0.717, 1.165) is 0 Å². The van der Waals surface area contributed by atoms with Gasteiger partial charge >= 0.3 is 0 Å². The summed E-state index contributed by atoms with van der Waals surface area (Å²) >= 11 is 0. The highest BCUT2D eigenvalue weighted by molar-refractivity contribution is 5.91. The Kier molecular flexibility index (Phi) is 3.34. The maximum atomic E-state index is 11.3. The van der Waals surface area contributed by atoms with Crippen LogP contribution in [-0.2, 0) is 0 Å². The zero-order chi connectivity index (χ0) is 10.4. The van der Waals surface area contributed by atoms with Gasteiger partial charge in [0.1, 0.15) is 6.07 Å². The fraction of sp³-hybridized carbons (Fsp3) is 0.200. The van der Waals surface area contributed by atoms with Crippen LogP contribution in [0.4, 0.5) is 0 Å². The molecule has 0 unspecified atom stereocenters. The van der Waals surface area contributed by atoms with Gasteiger partial charge in [-0.1, -0.05) is 5.92 Å². The molecule has 0 saturated heterocycles. The molecule has 0 aliphatic rings. The van der Waals surface area contributed by atoms with Crippen LogP contribution >= 0.6 is 0 Å². The van der Waals surface area contributed by atoms with Gasteiger partial charge in [0.25, 0.3) is 5.91 Å². The summed E-state index contributed by atoms with van der Waals surface area (Å²) in [6.45, 7) is 1.96. The third kappa shape index (κ3) is 2.40. The van der Waals surface area contributed by atoms with Crippen LogP contribution in [0.5, 0.6) is 0 Å². The zero-order valence-corrected chi connectivity index (χ0v) is 7.63. The minimum Gasteiger partial charge on any atom is -0.440 e. The van der Waals surface area contributed by atoms with Gasteiger partial charge in [-0.2, -0.15) is 5.26 Å². The third-order valence-corrected chi connectivity index (χ3v) is 1.45. The average Bonchev–Trinajstić information content (AvgIpc) is 2.66. The lowest BCUT2D eigenvalue weighted by molar-refractivity contribution is 0.0930. The average molecular weight is 188 g/mol. The van der Waals surface area contributed by atoms with Gasteiger partial charge in [0.2, 0.25) is 5.76 Å². The number of nitrogens with one attached hydrogen (secondary N) is 1. The molecule has 0 fully saturated rings. The maximum Gasteiger partial charge on any atom is 0.287 e. The van der Waals surface area contributed by atoms with Gasteiger partial charge in [0, 0.05) is 0 Å². The second-order valence-electron chi connectivity index (χ2n) is 2.39. The minimum atomic E-state index is -0.366. The van der Waals surface area contributed by atoms with Crippen molar-refractivity contribution < 1.29 is 9.21 Å². The van der Waals surface area contributed by atoms with Crippen molar-refractivity contribution in [1.29, 1.82) is 5.26 Å². The van der Waals surface area contributed by atoms with Gasteiger partial charge in [-0.3, -0.25) is 4.79 Å². The van der Waals surface area contributed by atoms with E-state index in [1.165, 1.54) is 12.1 Å². The van der Waals surface area contributed by atoms with Crippen LogP contribution < -0.4 is 5.32 Å². The summed E-state index contributed by atoms with van der Waals surface area (Å²) in [4.78, 5) is 11.3. The van der Waals surface area contributed by atoms with Crippen molar-refractivity contribution in [2.75, 3.05) is 6.54 Å². The summed E-state index contributed by atoms with van der Waals surface area (Å²) in [5, 5.41) is 11.0. The molecule has 1 heterocycles. The molecule has 1 rings (SSSR count). The van der Waals surface area contributed by atoms with E-state index in [1.807, 2.05) is 0 Å². The van der Waals surface area contributed by atoms with Crippen molar-refractivity contribution in [3.05, 3.63) is 23.7 Å². The number of hydrogen-bond acceptors (Lipinski definition) is 3. The Morgan fingerprint density at radius 1 is 1.64 bits per heavy atom. The van der Waals surface area contributed by atoms with Crippen LogP contribution in [0, 0.1) is 23.2 Å². The lowest BCUT2D eigenvalue weighted by Gasteiger charge is -1.95. The van der Waals surface area contributed by atoms with Gasteiger partial charge in [0.15, 0.2) is 5.76 Å². The van der Waals surface area contributed by atoms with Crippen molar-refractivity contribution in [3.8, 4) is 17.9 Å². The summed E-state index contributed by atoms with van der Waals surface area (Å²) in [6.07, 6.45) is 0. The topological polar surface area (TPSA) is 66.0 Å². The molecule has 0 atom stereocenters. The molecular formula is C10H8N2O2. The highest BCUT2D eigenvalue weighted by Crippen LogP contribution is 2.05. The van der Waals surface area contributed by atoms with Crippen molar-refractivity contribution >= 4 is 5.91 Å². The van der Waals surface area contributed by atoms with Crippen LogP contribution in [0.2, 0.25) is 0 Å². The van der Waals surface area contributed by atoms with E-state index in [1.54, 1.807) is 13.0 Å². The van der Waals surface area contributed by atoms with Crippen molar-refractivity contribution in [3.63, 3.8) is 0 Å². The summed E-state index contributed by atoms with van der Waals surface area (Å²) in [6, 6.07) is 4.69. The third-order valence-electron chi connectivity index (χ3n) is 1.45. The first-order valence-electron chi connectivity index (χ1n) is 3.95. The SMILES string of the molecule is CC#CCNC(=O)c1ccc(C#N)o1. The van der Waals surface area contributed by atoms with Gasteiger partial charge in [-0.05, 0) is 19.1 Å². The molecule has 14 heavy (non-hydrogen) atoms. The summed E-state index contributed by atoms with van der Waals surface area (Å²) in [5.41, 5.74) is 0. The first-order valence-corrected chi connectivity index (χ1v) is 3.95. The Bertz CT molecular complexity index is 429. The number of nitrogens with zero attached hydrogens (tertiary/aromatic N) is 1. The number of amides is 1. The number of rotatable bonds is 2. The molecule has 0 radical (unpaired) electrons. The standard InChI is InChI=1S/C10H8N2O2/c1-2-3-6-12-10(13)9-5-4-8(7-11)14-9/h4-5H,6H2,1H3,(H,12,13). The van der Waals surface area contributed by atoms with E-state index >= 15 is 0 Å². The largest absolute Gasteiger partial charge is 0.440 e.